The molecule has 0 spiro atoms. The van der Waals surface area contributed by atoms with Crippen LogP contribution in [0.25, 0.3) is 0 Å². The summed E-state index contributed by atoms with van der Waals surface area (Å²) in [5.74, 6) is 0.0808. The standard InChI is InChI=1S/C27H35FN2O6/c1-29(11-8-25-34-14-15-35-25)26(31)30(2)23-6-4-20(5-7-23)19-36-24-17-21(16-22(28)18-24)27(32-3)9-12-33-13-10-27/h4-7,16-18,25H,8-15,19H2,1-3H3. The van der Waals surface area contributed by atoms with E-state index in [9.17, 15) is 9.18 Å². The Labute approximate surface area is 211 Å². The molecule has 0 unspecified atom stereocenters. The van der Waals surface area contributed by atoms with Gasteiger partial charge in [-0.1, -0.05) is 12.1 Å². The summed E-state index contributed by atoms with van der Waals surface area (Å²) in [5.41, 5.74) is 1.86. The fourth-order valence-electron chi connectivity index (χ4n) is 4.54. The quantitative estimate of drug-likeness (QED) is 0.509. The molecule has 196 valence electrons. The molecule has 0 atom stereocenters. The van der Waals surface area contributed by atoms with Crippen LogP contribution in [0.15, 0.2) is 42.5 Å². The first-order valence-electron chi connectivity index (χ1n) is 12.3. The molecule has 0 radical (unpaired) electrons. The molecule has 2 amide bonds. The number of hydrogen-bond acceptors (Lipinski definition) is 6. The third-order valence-corrected chi connectivity index (χ3v) is 6.82. The first-order chi connectivity index (χ1) is 17.4. The molecule has 2 aliphatic heterocycles. The zero-order valence-electron chi connectivity index (χ0n) is 21.2. The Kier molecular flexibility index (Phi) is 8.79. The molecule has 0 N–H and O–H groups in total. The van der Waals surface area contributed by atoms with Gasteiger partial charge in [0.1, 0.15) is 18.2 Å². The molecule has 2 aliphatic rings. The summed E-state index contributed by atoms with van der Waals surface area (Å²) in [6, 6.07) is 12.1. The van der Waals surface area contributed by atoms with Crippen molar-refractivity contribution in [3.8, 4) is 5.75 Å². The van der Waals surface area contributed by atoms with Crippen molar-refractivity contribution < 1.29 is 32.9 Å². The fraction of sp³-hybridized carbons (Fsp3) is 0.519. The third-order valence-electron chi connectivity index (χ3n) is 6.82. The van der Waals surface area contributed by atoms with Crippen molar-refractivity contribution >= 4 is 11.7 Å². The van der Waals surface area contributed by atoms with Gasteiger partial charge in [-0.3, -0.25) is 4.90 Å². The van der Waals surface area contributed by atoms with Crippen LogP contribution in [0, 0.1) is 5.82 Å². The molecular formula is C27H35FN2O6. The summed E-state index contributed by atoms with van der Waals surface area (Å²) < 4.78 is 42.5. The number of ether oxygens (including phenoxy) is 5. The van der Waals surface area contributed by atoms with Crippen molar-refractivity contribution in [1.29, 1.82) is 0 Å². The minimum absolute atomic E-state index is 0.121. The lowest BCUT2D eigenvalue weighted by atomic mass is 9.86. The number of carbonyl (C=O) groups excluding carboxylic acids is 1. The Morgan fingerprint density at radius 3 is 2.42 bits per heavy atom. The van der Waals surface area contributed by atoms with Gasteiger partial charge in [-0.2, -0.15) is 0 Å². The number of carbonyl (C=O) groups is 1. The maximum atomic E-state index is 14.4. The van der Waals surface area contributed by atoms with E-state index in [1.54, 1.807) is 31.0 Å². The van der Waals surface area contributed by atoms with E-state index >= 15 is 0 Å². The zero-order chi connectivity index (χ0) is 25.5. The lowest BCUT2D eigenvalue weighted by Crippen LogP contribution is -2.40. The molecule has 2 saturated heterocycles. The molecule has 0 bridgehead atoms. The van der Waals surface area contributed by atoms with Gasteiger partial charge in [0.2, 0.25) is 0 Å². The SMILES string of the molecule is COC1(c2cc(F)cc(OCc3ccc(N(C)C(=O)N(C)CCC4OCCO4)cc3)c2)CCOCC1. The van der Waals surface area contributed by atoms with Gasteiger partial charge in [-0.15, -0.1) is 0 Å². The van der Waals surface area contributed by atoms with E-state index < -0.39 is 5.60 Å². The number of methoxy groups -OCH3 is 1. The molecule has 2 aromatic rings. The predicted octanol–water partition coefficient (Wildman–Crippen LogP) is 4.31. The van der Waals surface area contributed by atoms with Gasteiger partial charge in [0.25, 0.3) is 0 Å². The highest BCUT2D eigenvalue weighted by atomic mass is 19.1. The van der Waals surface area contributed by atoms with Crippen LogP contribution in [0.2, 0.25) is 0 Å². The number of amides is 2. The predicted molar refractivity (Wildman–Crippen MR) is 133 cm³/mol. The highest BCUT2D eigenvalue weighted by molar-refractivity contribution is 5.91. The smallest absolute Gasteiger partial charge is 0.323 e. The van der Waals surface area contributed by atoms with Crippen LogP contribution in [-0.2, 0) is 31.2 Å². The van der Waals surface area contributed by atoms with E-state index in [1.165, 1.54) is 12.1 Å². The third kappa shape index (κ3) is 6.34. The van der Waals surface area contributed by atoms with Gasteiger partial charge in [-0.05, 0) is 35.4 Å². The second-order valence-corrected chi connectivity index (χ2v) is 9.16. The number of anilines is 1. The minimum Gasteiger partial charge on any atom is -0.489 e. The molecule has 0 aliphatic carbocycles. The molecule has 0 saturated carbocycles. The van der Waals surface area contributed by atoms with E-state index in [-0.39, 0.29) is 24.7 Å². The summed E-state index contributed by atoms with van der Waals surface area (Å²) in [6.45, 7) is 3.15. The van der Waals surface area contributed by atoms with Gasteiger partial charge in [0.05, 0.1) is 18.8 Å². The topological polar surface area (TPSA) is 69.7 Å². The molecule has 2 heterocycles. The monoisotopic (exact) mass is 502 g/mol. The maximum absolute atomic E-state index is 14.4. The Balaban J connectivity index is 1.34. The van der Waals surface area contributed by atoms with Gasteiger partial charge >= 0.3 is 6.03 Å². The van der Waals surface area contributed by atoms with Crippen LogP contribution in [0.1, 0.15) is 30.4 Å². The van der Waals surface area contributed by atoms with Crippen LogP contribution < -0.4 is 9.64 Å². The summed E-state index contributed by atoms with van der Waals surface area (Å²) in [4.78, 5) is 16.0. The molecule has 0 aromatic heterocycles. The number of benzene rings is 2. The van der Waals surface area contributed by atoms with Gasteiger partial charge in [0, 0.05) is 72.0 Å². The van der Waals surface area contributed by atoms with E-state index in [1.807, 2.05) is 30.3 Å². The van der Waals surface area contributed by atoms with Crippen LogP contribution in [0.4, 0.5) is 14.9 Å². The van der Waals surface area contributed by atoms with E-state index in [0.717, 1.165) is 16.8 Å². The molecule has 2 aromatic carbocycles. The van der Waals surface area contributed by atoms with E-state index in [4.69, 9.17) is 23.7 Å². The molecule has 36 heavy (non-hydrogen) atoms. The van der Waals surface area contributed by atoms with Gasteiger partial charge in [-0.25, -0.2) is 9.18 Å². The Bertz CT molecular complexity index is 1010. The maximum Gasteiger partial charge on any atom is 0.323 e. The molecule has 2 fully saturated rings. The van der Waals surface area contributed by atoms with Crippen molar-refractivity contribution in [2.45, 2.75) is 37.8 Å². The first-order valence-corrected chi connectivity index (χ1v) is 12.3. The first kappa shape index (κ1) is 26.3. The van der Waals surface area contributed by atoms with E-state index in [2.05, 4.69) is 0 Å². The molecule has 4 rings (SSSR count). The lowest BCUT2D eigenvalue weighted by molar-refractivity contribution is -0.0950. The molecular weight excluding hydrogens is 467 g/mol. The van der Waals surface area contributed by atoms with Crippen molar-refractivity contribution in [2.75, 3.05) is 59.1 Å². The summed E-state index contributed by atoms with van der Waals surface area (Å²) in [6.07, 6.45) is 1.72. The average molecular weight is 503 g/mol. The van der Waals surface area contributed by atoms with Crippen molar-refractivity contribution in [3.05, 3.63) is 59.4 Å². The largest absolute Gasteiger partial charge is 0.489 e. The summed E-state index contributed by atoms with van der Waals surface area (Å²) in [7, 11) is 5.15. The number of hydrogen-bond donors (Lipinski definition) is 0. The Morgan fingerprint density at radius 1 is 1.06 bits per heavy atom. The normalized spacial score (nSPS) is 17.7. The highest BCUT2D eigenvalue weighted by Gasteiger charge is 2.35. The Hall–Kier alpha value is -2.72. The second kappa shape index (κ2) is 12.0. The summed E-state index contributed by atoms with van der Waals surface area (Å²) >= 11 is 0. The summed E-state index contributed by atoms with van der Waals surface area (Å²) in [5, 5.41) is 0. The highest BCUT2D eigenvalue weighted by Crippen LogP contribution is 2.37. The fourth-order valence-corrected chi connectivity index (χ4v) is 4.54. The van der Waals surface area contributed by atoms with Crippen LogP contribution in [-0.4, -0.2) is 71.4 Å². The molecule has 8 nitrogen and oxygen atoms in total. The van der Waals surface area contributed by atoms with Crippen LogP contribution in [0.3, 0.4) is 0 Å². The number of nitrogens with zero attached hydrogens (tertiary/aromatic N) is 2. The van der Waals surface area contributed by atoms with Crippen molar-refractivity contribution in [1.82, 2.24) is 4.90 Å². The van der Waals surface area contributed by atoms with E-state index in [0.29, 0.717) is 58.0 Å². The number of urea groups is 1. The average Bonchev–Trinajstić information content (AvgIpc) is 3.44. The number of halogens is 1. The van der Waals surface area contributed by atoms with Crippen molar-refractivity contribution in [3.63, 3.8) is 0 Å². The van der Waals surface area contributed by atoms with Crippen molar-refractivity contribution in [2.24, 2.45) is 0 Å². The zero-order valence-corrected chi connectivity index (χ0v) is 21.2. The lowest BCUT2D eigenvalue weighted by Gasteiger charge is -2.36. The Morgan fingerprint density at radius 2 is 1.75 bits per heavy atom. The number of rotatable bonds is 9. The van der Waals surface area contributed by atoms with Crippen LogP contribution >= 0.6 is 0 Å². The second-order valence-electron chi connectivity index (χ2n) is 9.16. The van der Waals surface area contributed by atoms with Gasteiger partial charge < -0.3 is 28.6 Å². The van der Waals surface area contributed by atoms with Gasteiger partial charge in [0.15, 0.2) is 6.29 Å². The van der Waals surface area contributed by atoms with Crippen LogP contribution in [0.5, 0.6) is 5.75 Å². The minimum atomic E-state index is -0.568. The molecule has 9 heteroatoms.